The molecule has 0 amide bonds. The van der Waals surface area contributed by atoms with Crippen LogP contribution in [0.2, 0.25) is 0 Å². The first kappa shape index (κ1) is 41.5. The number of aliphatic hydroxyl groups is 9. The van der Waals surface area contributed by atoms with Crippen LogP contribution in [0.3, 0.4) is 0 Å². The van der Waals surface area contributed by atoms with Gasteiger partial charge in [-0.1, -0.05) is 0 Å². The van der Waals surface area contributed by atoms with Gasteiger partial charge in [0.15, 0.2) is 25.2 Å². The largest absolute Gasteiger partial charge is 0.472 e. The van der Waals surface area contributed by atoms with E-state index in [9.17, 15) is 55.5 Å². The van der Waals surface area contributed by atoms with Gasteiger partial charge in [-0.3, -0.25) is 9.59 Å². The lowest BCUT2D eigenvalue weighted by Gasteiger charge is -2.47. The second-order valence-electron chi connectivity index (χ2n) is 15.5. The highest BCUT2D eigenvalue weighted by Crippen LogP contribution is 2.52. The summed E-state index contributed by atoms with van der Waals surface area (Å²) in [7, 11) is 0. The van der Waals surface area contributed by atoms with E-state index in [4.69, 9.17) is 42.6 Å². The van der Waals surface area contributed by atoms with E-state index in [1.807, 2.05) is 0 Å². The first-order chi connectivity index (χ1) is 25.4. The number of hydrogen-bond donors (Lipinski definition) is 9. The molecule has 9 N–H and O–H groups in total. The fourth-order valence-corrected chi connectivity index (χ4v) is 9.08. The van der Waals surface area contributed by atoms with Crippen LogP contribution in [0.25, 0.3) is 0 Å². The van der Waals surface area contributed by atoms with Crippen molar-refractivity contribution in [3.8, 4) is 0 Å². The van der Waals surface area contributed by atoms with Gasteiger partial charge in [-0.2, -0.15) is 0 Å². The lowest BCUT2D eigenvalue weighted by molar-refractivity contribution is -0.388. The van der Waals surface area contributed by atoms with Crippen LogP contribution >= 0.6 is 0 Å². The van der Waals surface area contributed by atoms with Gasteiger partial charge in [-0.15, -0.1) is 0 Å². The van der Waals surface area contributed by atoms with Gasteiger partial charge >= 0.3 is 11.9 Å². The topological polar surface area (TPSA) is 299 Å². The van der Waals surface area contributed by atoms with Crippen molar-refractivity contribution in [2.45, 2.75) is 151 Å². The van der Waals surface area contributed by atoms with Crippen LogP contribution in [0.1, 0.15) is 47.0 Å². The maximum atomic E-state index is 12.1. The zero-order valence-electron chi connectivity index (χ0n) is 30.2. The van der Waals surface area contributed by atoms with Crippen LogP contribution < -0.4 is 0 Å². The van der Waals surface area contributed by atoms with Gasteiger partial charge in [0.05, 0.1) is 43.5 Å². The van der Waals surface area contributed by atoms with Crippen molar-refractivity contribution >= 4 is 11.9 Å². The van der Waals surface area contributed by atoms with Crippen LogP contribution in [-0.4, -0.2) is 175 Å². The minimum atomic E-state index is -1.81. The minimum Gasteiger partial charge on any atom is -0.472 e. The summed E-state index contributed by atoms with van der Waals surface area (Å²) < 4.78 is 52.4. The standard InChI is InChI=1S/C34H52O20/c1-12(36)53-33(3)8-16(38)14-5-6-46-29(21(14)33)51-32-28(45)26(43)24(41)19(49-32)11-47-20-7-15-17(39)9-34(4,54-13(2)37)22(15)30(50-20)52-31-27(44)25(42)23(40)18(10-35)48-31/h5-6,14-32,35,38-45H,7-11H2,1-4H3/t14?,15?,16-,17-,18+,19+,20+,21?,22?,23+,24+,25-,26-,27+,28+,29+,30-,31-,32-,33-,34-/m0/s1. The number of hydrogen-bond acceptors (Lipinski definition) is 20. The van der Waals surface area contributed by atoms with Gasteiger partial charge in [-0.25, -0.2) is 0 Å². The van der Waals surface area contributed by atoms with Gasteiger partial charge in [0.25, 0.3) is 0 Å². The number of aliphatic hydroxyl groups excluding tert-OH is 9. The predicted molar refractivity (Wildman–Crippen MR) is 171 cm³/mol. The molecule has 0 aromatic carbocycles. The first-order valence-corrected chi connectivity index (χ1v) is 18.0. The Morgan fingerprint density at radius 1 is 0.685 bits per heavy atom. The average molecular weight is 781 g/mol. The summed E-state index contributed by atoms with van der Waals surface area (Å²) in [6, 6.07) is 0. The number of carbonyl (C=O) groups is 2. The van der Waals surface area contributed by atoms with Crippen LogP contribution in [0.4, 0.5) is 0 Å². The van der Waals surface area contributed by atoms with E-state index in [0.29, 0.717) is 0 Å². The van der Waals surface area contributed by atoms with Crippen LogP contribution in [0, 0.1) is 23.7 Å². The molecule has 0 aromatic rings. The molecule has 6 aliphatic rings. The summed E-state index contributed by atoms with van der Waals surface area (Å²) in [6.45, 7) is 4.39. The molecule has 20 heteroatoms. The molecule has 0 bridgehead atoms. The maximum absolute atomic E-state index is 12.1. The third-order valence-electron chi connectivity index (χ3n) is 11.6. The molecule has 0 spiro atoms. The molecule has 4 unspecified atom stereocenters. The highest BCUT2D eigenvalue weighted by molar-refractivity contribution is 5.67. The maximum Gasteiger partial charge on any atom is 0.303 e. The Labute approximate surface area is 310 Å². The zero-order valence-corrected chi connectivity index (χ0v) is 30.2. The van der Waals surface area contributed by atoms with Crippen molar-refractivity contribution in [3.63, 3.8) is 0 Å². The Kier molecular flexibility index (Phi) is 12.3. The van der Waals surface area contributed by atoms with Crippen molar-refractivity contribution in [1.29, 1.82) is 0 Å². The van der Waals surface area contributed by atoms with E-state index in [1.54, 1.807) is 19.9 Å². The van der Waals surface area contributed by atoms with E-state index < -0.39 is 153 Å². The number of rotatable bonds is 10. The third-order valence-corrected chi connectivity index (χ3v) is 11.6. The molecule has 4 aliphatic heterocycles. The predicted octanol–water partition coefficient (Wildman–Crippen LogP) is -3.78. The second kappa shape index (κ2) is 16.0. The number of fused-ring (bicyclic) bond motifs is 2. The summed E-state index contributed by atoms with van der Waals surface area (Å²) in [5.74, 6) is -4.14. The molecule has 2 aliphatic carbocycles. The van der Waals surface area contributed by atoms with E-state index >= 15 is 0 Å². The van der Waals surface area contributed by atoms with Crippen LogP contribution in [0.15, 0.2) is 12.3 Å². The van der Waals surface area contributed by atoms with Crippen LogP contribution in [-0.2, 0) is 52.2 Å². The molecule has 4 heterocycles. The van der Waals surface area contributed by atoms with Crippen molar-refractivity contribution in [1.82, 2.24) is 0 Å². The zero-order chi connectivity index (χ0) is 39.4. The van der Waals surface area contributed by atoms with Crippen molar-refractivity contribution in [3.05, 3.63) is 12.3 Å². The monoisotopic (exact) mass is 780 g/mol. The van der Waals surface area contributed by atoms with Gasteiger partial charge in [-0.05, 0) is 19.9 Å². The Hall–Kier alpha value is -2.12. The summed E-state index contributed by atoms with van der Waals surface area (Å²) >= 11 is 0. The summed E-state index contributed by atoms with van der Waals surface area (Å²) in [5, 5.41) is 95.5. The average Bonchev–Trinajstić information content (AvgIpc) is 3.50. The van der Waals surface area contributed by atoms with Gasteiger partial charge < -0.3 is 88.6 Å². The molecular weight excluding hydrogens is 728 g/mol. The van der Waals surface area contributed by atoms with E-state index in [1.165, 1.54) is 20.1 Å². The Morgan fingerprint density at radius 2 is 1.22 bits per heavy atom. The molecule has 54 heavy (non-hydrogen) atoms. The van der Waals surface area contributed by atoms with E-state index in [0.717, 1.165) is 0 Å². The third kappa shape index (κ3) is 7.89. The molecular formula is C34H52O20. The minimum absolute atomic E-state index is 0.00642. The highest BCUT2D eigenvalue weighted by Gasteiger charge is 2.62. The Morgan fingerprint density at radius 3 is 1.81 bits per heavy atom. The van der Waals surface area contributed by atoms with Gasteiger partial charge in [0, 0.05) is 44.9 Å². The number of esters is 2. The first-order valence-electron chi connectivity index (χ1n) is 18.0. The van der Waals surface area contributed by atoms with E-state index in [2.05, 4.69) is 0 Å². The van der Waals surface area contributed by atoms with Gasteiger partial charge in [0.2, 0.25) is 6.29 Å². The number of carbonyl (C=O) groups excluding carboxylic acids is 2. The molecule has 5 fully saturated rings. The normalized spacial score (nSPS) is 51.5. The summed E-state index contributed by atoms with van der Waals surface area (Å²) in [4.78, 5) is 24.1. The smallest absolute Gasteiger partial charge is 0.303 e. The summed E-state index contributed by atoms with van der Waals surface area (Å²) in [5.41, 5.74) is -2.57. The quantitative estimate of drug-likeness (QED) is 0.0961. The molecule has 6 rings (SSSR count). The molecule has 21 atom stereocenters. The molecule has 308 valence electrons. The molecule has 3 saturated heterocycles. The SMILES string of the molecule is CC(=O)O[C@@]1(C)C[C@H](O)C2C=CO[C@H](O[C@@H]3O[C@H](CO[C@H]4CC5C([C@H](O[C@@H]6O[C@H](CO)[C@@H](O)[C@H](O)[C@H]6O)O4)[C@@](C)(OC(C)=O)C[C@@H]5O)[C@@H](O)[C@H](O)[C@H]3O)C21. The second-order valence-corrected chi connectivity index (χ2v) is 15.5. The molecule has 0 aromatic heterocycles. The molecule has 2 saturated carbocycles. The highest BCUT2D eigenvalue weighted by atomic mass is 16.8. The fraction of sp³-hybridized carbons (Fsp3) is 0.882. The lowest BCUT2D eigenvalue weighted by atomic mass is 9.82. The Bertz CT molecular complexity index is 1370. The molecule has 20 nitrogen and oxygen atoms in total. The number of ether oxygens (including phenoxy) is 9. The fourth-order valence-electron chi connectivity index (χ4n) is 9.08. The Balaban J connectivity index is 1.17. The summed E-state index contributed by atoms with van der Waals surface area (Å²) in [6.07, 6.45) is -19.5. The van der Waals surface area contributed by atoms with Crippen LogP contribution in [0.5, 0.6) is 0 Å². The van der Waals surface area contributed by atoms with Crippen molar-refractivity contribution in [2.75, 3.05) is 13.2 Å². The van der Waals surface area contributed by atoms with Gasteiger partial charge in [0.1, 0.15) is 60.0 Å². The van der Waals surface area contributed by atoms with E-state index in [-0.39, 0.29) is 19.3 Å². The van der Waals surface area contributed by atoms with Crippen molar-refractivity contribution in [2.24, 2.45) is 23.7 Å². The lowest BCUT2D eigenvalue weighted by Crippen LogP contribution is -2.62. The van der Waals surface area contributed by atoms with Crippen molar-refractivity contribution < 1.29 is 98.2 Å². The molecule has 0 radical (unpaired) electrons.